The summed E-state index contributed by atoms with van der Waals surface area (Å²) >= 11 is 0. The largest absolute Gasteiger partial charge is 0.382 e. The SMILES string of the molecule is CC(CNC(=O)c1cc(N)n[nH]1)C1CC1. The van der Waals surface area contributed by atoms with Crippen molar-refractivity contribution < 1.29 is 4.79 Å². The van der Waals surface area contributed by atoms with E-state index in [-0.39, 0.29) is 5.91 Å². The molecule has 1 unspecified atom stereocenters. The number of nitrogens with one attached hydrogen (secondary N) is 2. The minimum atomic E-state index is -0.133. The van der Waals surface area contributed by atoms with E-state index in [2.05, 4.69) is 22.4 Å². The first-order valence-corrected chi connectivity index (χ1v) is 5.26. The topological polar surface area (TPSA) is 83.8 Å². The summed E-state index contributed by atoms with van der Waals surface area (Å²) in [6, 6.07) is 1.54. The molecule has 0 aliphatic heterocycles. The van der Waals surface area contributed by atoms with Gasteiger partial charge in [0.25, 0.3) is 5.91 Å². The molecule has 5 nitrogen and oxygen atoms in total. The van der Waals surface area contributed by atoms with Crippen LogP contribution in [0.1, 0.15) is 30.3 Å². The molecule has 82 valence electrons. The van der Waals surface area contributed by atoms with Crippen molar-refractivity contribution in [3.8, 4) is 0 Å². The molecule has 1 aromatic heterocycles. The Morgan fingerprint density at radius 3 is 3.07 bits per heavy atom. The van der Waals surface area contributed by atoms with Crippen molar-refractivity contribution in [1.82, 2.24) is 15.5 Å². The molecule has 4 N–H and O–H groups in total. The van der Waals surface area contributed by atoms with E-state index in [0.29, 0.717) is 17.4 Å². The monoisotopic (exact) mass is 208 g/mol. The molecule has 0 bridgehead atoms. The van der Waals surface area contributed by atoms with Gasteiger partial charge in [-0.05, 0) is 24.7 Å². The Morgan fingerprint density at radius 1 is 1.80 bits per heavy atom. The number of aromatic amines is 1. The molecule has 0 aromatic carbocycles. The van der Waals surface area contributed by atoms with Crippen LogP contribution in [0.25, 0.3) is 0 Å². The van der Waals surface area contributed by atoms with Gasteiger partial charge in [0.2, 0.25) is 0 Å². The first-order valence-electron chi connectivity index (χ1n) is 5.26. The van der Waals surface area contributed by atoms with Gasteiger partial charge in [-0.2, -0.15) is 5.10 Å². The van der Waals surface area contributed by atoms with Crippen molar-refractivity contribution in [3.05, 3.63) is 11.8 Å². The number of hydrogen-bond acceptors (Lipinski definition) is 3. The predicted molar refractivity (Wildman–Crippen MR) is 57.2 cm³/mol. The number of hydrogen-bond donors (Lipinski definition) is 3. The molecule has 1 aromatic rings. The van der Waals surface area contributed by atoms with Crippen LogP contribution in [0, 0.1) is 11.8 Å². The minimum absolute atomic E-state index is 0.133. The summed E-state index contributed by atoms with van der Waals surface area (Å²) in [4.78, 5) is 11.6. The second kappa shape index (κ2) is 3.92. The second-order valence-electron chi connectivity index (χ2n) is 4.23. The fourth-order valence-electron chi connectivity index (χ4n) is 1.63. The fraction of sp³-hybridized carbons (Fsp3) is 0.600. The normalized spacial score (nSPS) is 17.4. The molecule has 1 aliphatic rings. The molecule has 1 saturated carbocycles. The molecule has 2 rings (SSSR count). The molecule has 0 radical (unpaired) electrons. The maximum Gasteiger partial charge on any atom is 0.269 e. The lowest BCUT2D eigenvalue weighted by molar-refractivity contribution is 0.0941. The Kier molecular flexibility index (Phi) is 2.62. The smallest absolute Gasteiger partial charge is 0.269 e. The van der Waals surface area contributed by atoms with Gasteiger partial charge in [0.05, 0.1) is 0 Å². The highest BCUT2D eigenvalue weighted by molar-refractivity contribution is 5.92. The zero-order chi connectivity index (χ0) is 10.8. The molecular weight excluding hydrogens is 192 g/mol. The van der Waals surface area contributed by atoms with Crippen molar-refractivity contribution in [1.29, 1.82) is 0 Å². The molecule has 15 heavy (non-hydrogen) atoms. The van der Waals surface area contributed by atoms with Crippen molar-refractivity contribution in [2.24, 2.45) is 11.8 Å². The number of amides is 1. The summed E-state index contributed by atoms with van der Waals surface area (Å²) in [6.45, 7) is 2.89. The van der Waals surface area contributed by atoms with Crippen LogP contribution in [0.4, 0.5) is 5.82 Å². The quantitative estimate of drug-likeness (QED) is 0.683. The molecule has 0 saturated heterocycles. The van der Waals surface area contributed by atoms with Gasteiger partial charge in [-0.25, -0.2) is 0 Å². The van der Waals surface area contributed by atoms with Crippen molar-refractivity contribution in [3.63, 3.8) is 0 Å². The highest BCUT2D eigenvalue weighted by Gasteiger charge is 2.27. The van der Waals surface area contributed by atoms with Crippen LogP contribution in [0.15, 0.2) is 6.07 Å². The molecule has 1 aliphatic carbocycles. The number of H-pyrrole nitrogens is 1. The maximum absolute atomic E-state index is 11.6. The van der Waals surface area contributed by atoms with Crippen molar-refractivity contribution in [2.75, 3.05) is 12.3 Å². The van der Waals surface area contributed by atoms with E-state index in [1.54, 1.807) is 0 Å². The lowest BCUT2D eigenvalue weighted by Gasteiger charge is -2.10. The van der Waals surface area contributed by atoms with Gasteiger partial charge in [-0.15, -0.1) is 0 Å². The van der Waals surface area contributed by atoms with E-state index in [1.807, 2.05) is 0 Å². The third-order valence-electron chi connectivity index (χ3n) is 2.85. The van der Waals surface area contributed by atoms with E-state index in [0.717, 1.165) is 12.5 Å². The molecule has 0 spiro atoms. The van der Waals surface area contributed by atoms with Gasteiger partial charge >= 0.3 is 0 Å². The van der Waals surface area contributed by atoms with E-state index in [4.69, 9.17) is 5.73 Å². The Bertz CT molecular complexity index is 356. The zero-order valence-corrected chi connectivity index (χ0v) is 8.79. The zero-order valence-electron chi connectivity index (χ0n) is 8.79. The van der Waals surface area contributed by atoms with E-state index < -0.39 is 0 Å². The van der Waals surface area contributed by atoms with E-state index >= 15 is 0 Å². The fourth-order valence-corrected chi connectivity index (χ4v) is 1.63. The highest BCUT2D eigenvalue weighted by atomic mass is 16.1. The summed E-state index contributed by atoms with van der Waals surface area (Å²) in [7, 11) is 0. The third kappa shape index (κ3) is 2.49. The second-order valence-corrected chi connectivity index (χ2v) is 4.23. The standard InChI is InChI=1S/C10H16N4O/c1-6(7-2-3-7)5-12-10(15)8-4-9(11)14-13-8/h4,6-7H,2-3,5H2,1H3,(H,12,15)(H3,11,13,14). The van der Waals surface area contributed by atoms with Crippen LogP contribution >= 0.6 is 0 Å². The molecule has 1 fully saturated rings. The molecular formula is C10H16N4O. The first kappa shape index (κ1) is 10.0. The maximum atomic E-state index is 11.6. The number of nitrogens with zero attached hydrogens (tertiary/aromatic N) is 1. The number of carbonyl (C=O) groups is 1. The Balaban J connectivity index is 1.81. The minimum Gasteiger partial charge on any atom is -0.382 e. The van der Waals surface area contributed by atoms with Crippen LogP contribution in [0.5, 0.6) is 0 Å². The Labute approximate surface area is 88.4 Å². The third-order valence-corrected chi connectivity index (χ3v) is 2.85. The number of aromatic nitrogens is 2. The molecule has 5 heteroatoms. The van der Waals surface area contributed by atoms with E-state index in [1.165, 1.54) is 18.9 Å². The Hall–Kier alpha value is -1.52. The summed E-state index contributed by atoms with van der Waals surface area (Å²) in [5.41, 5.74) is 5.83. The molecule has 1 heterocycles. The van der Waals surface area contributed by atoms with Crippen molar-refractivity contribution >= 4 is 11.7 Å². The number of nitrogen functional groups attached to an aromatic ring is 1. The number of rotatable bonds is 4. The van der Waals surface area contributed by atoms with Gasteiger partial charge < -0.3 is 11.1 Å². The molecule has 1 atom stereocenters. The van der Waals surface area contributed by atoms with Crippen LogP contribution in [0.2, 0.25) is 0 Å². The molecule has 1 amide bonds. The van der Waals surface area contributed by atoms with Gasteiger partial charge in [0.1, 0.15) is 11.5 Å². The van der Waals surface area contributed by atoms with Crippen LogP contribution < -0.4 is 11.1 Å². The van der Waals surface area contributed by atoms with Gasteiger partial charge in [0, 0.05) is 12.6 Å². The van der Waals surface area contributed by atoms with Gasteiger partial charge in [-0.1, -0.05) is 6.92 Å². The highest BCUT2D eigenvalue weighted by Crippen LogP contribution is 2.36. The summed E-state index contributed by atoms with van der Waals surface area (Å²) in [5.74, 6) is 1.58. The van der Waals surface area contributed by atoms with E-state index in [9.17, 15) is 4.79 Å². The van der Waals surface area contributed by atoms with Crippen LogP contribution in [-0.2, 0) is 0 Å². The summed E-state index contributed by atoms with van der Waals surface area (Å²) in [6.07, 6.45) is 2.60. The van der Waals surface area contributed by atoms with Crippen molar-refractivity contribution in [2.45, 2.75) is 19.8 Å². The number of anilines is 1. The average Bonchev–Trinajstić information content (AvgIpc) is 2.97. The van der Waals surface area contributed by atoms with Gasteiger partial charge in [-0.3, -0.25) is 9.89 Å². The average molecular weight is 208 g/mol. The number of nitrogens with two attached hydrogens (primary N) is 1. The van der Waals surface area contributed by atoms with Gasteiger partial charge in [0.15, 0.2) is 0 Å². The lowest BCUT2D eigenvalue weighted by atomic mass is 10.1. The Morgan fingerprint density at radius 2 is 2.53 bits per heavy atom. The summed E-state index contributed by atoms with van der Waals surface area (Å²) in [5, 5.41) is 9.16. The van der Waals surface area contributed by atoms with Crippen LogP contribution in [0.3, 0.4) is 0 Å². The number of carbonyl (C=O) groups excluding carboxylic acids is 1. The predicted octanol–water partition coefficient (Wildman–Crippen LogP) is 0.768. The van der Waals surface area contributed by atoms with Crippen LogP contribution in [-0.4, -0.2) is 22.6 Å². The lowest BCUT2D eigenvalue weighted by Crippen LogP contribution is -2.29. The summed E-state index contributed by atoms with van der Waals surface area (Å²) < 4.78 is 0. The first-order chi connectivity index (χ1) is 7.16.